The molecule has 0 radical (unpaired) electrons. The maximum absolute atomic E-state index is 12.9. The van der Waals surface area contributed by atoms with Crippen molar-refractivity contribution in [2.45, 2.75) is 23.0 Å². The Balaban J connectivity index is 1.72. The van der Waals surface area contributed by atoms with Crippen molar-refractivity contribution in [2.75, 3.05) is 4.72 Å². The highest BCUT2D eigenvalue weighted by atomic mass is 32.2. The number of hydrogen-bond acceptors (Lipinski definition) is 3. The SMILES string of the molecule is O=S(=O)(Nc1ccccc1-c1ccccc1)c1sccc1C1CC1. The minimum atomic E-state index is -3.57. The lowest BCUT2D eigenvalue weighted by Gasteiger charge is -2.13. The second-order valence-corrected chi connectivity index (χ2v) is 8.75. The zero-order chi connectivity index (χ0) is 16.6. The second kappa shape index (κ2) is 6.07. The Morgan fingerprint density at radius 1 is 0.917 bits per heavy atom. The summed E-state index contributed by atoms with van der Waals surface area (Å²) in [6.07, 6.45) is 2.17. The van der Waals surface area contributed by atoms with E-state index in [1.54, 1.807) is 0 Å². The maximum Gasteiger partial charge on any atom is 0.271 e. The molecule has 0 aliphatic heterocycles. The van der Waals surface area contributed by atoms with Gasteiger partial charge in [0.05, 0.1) is 5.69 Å². The molecule has 1 heterocycles. The zero-order valence-electron chi connectivity index (χ0n) is 13.0. The molecule has 24 heavy (non-hydrogen) atoms. The van der Waals surface area contributed by atoms with Gasteiger partial charge in [-0.15, -0.1) is 11.3 Å². The number of hydrogen-bond donors (Lipinski definition) is 1. The number of anilines is 1. The Morgan fingerprint density at radius 3 is 2.38 bits per heavy atom. The van der Waals surface area contributed by atoms with Crippen LogP contribution in [0.3, 0.4) is 0 Å². The molecule has 0 amide bonds. The van der Waals surface area contributed by atoms with Crippen molar-refractivity contribution < 1.29 is 8.42 Å². The maximum atomic E-state index is 12.9. The normalized spacial score (nSPS) is 14.5. The van der Waals surface area contributed by atoms with Crippen LogP contribution < -0.4 is 4.72 Å². The lowest BCUT2D eigenvalue weighted by Crippen LogP contribution is -2.13. The van der Waals surface area contributed by atoms with Crippen LogP contribution in [0.1, 0.15) is 24.3 Å². The van der Waals surface area contributed by atoms with Crippen LogP contribution in [0.15, 0.2) is 70.3 Å². The Morgan fingerprint density at radius 2 is 1.62 bits per heavy atom. The fraction of sp³-hybridized carbons (Fsp3) is 0.158. The summed E-state index contributed by atoms with van der Waals surface area (Å²) in [7, 11) is -3.57. The van der Waals surface area contributed by atoms with E-state index in [0.717, 1.165) is 29.5 Å². The Labute approximate surface area is 146 Å². The number of sulfonamides is 1. The number of para-hydroxylation sites is 1. The van der Waals surface area contributed by atoms with Crippen LogP contribution in [-0.2, 0) is 10.0 Å². The van der Waals surface area contributed by atoms with Crippen molar-refractivity contribution in [2.24, 2.45) is 0 Å². The van der Waals surface area contributed by atoms with Gasteiger partial charge in [0.1, 0.15) is 4.21 Å². The van der Waals surface area contributed by atoms with Gasteiger partial charge < -0.3 is 0 Å². The van der Waals surface area contributed by atoms with Gasteiger partial charge in [-0.2, -0.15) is 0 Å². The first-order chi connectivity index (χ1) is 11.6. The van der Waals surface area contributed by atoms with Crippen molar-refractivity contribution in [3.63, 3.8) is 0 Å². The molecule has 0 bridgehead atoms. The molecule has 2 aromatic carbocycles. The first-order valence-corrected chi connectivity index (χ1v) is 10.3. The molecule has 1 aliphatic rings. The van der Waals surface area contributed by atoms with Crippen LogP contribution in [-0.4, -0.2) is 8.42 Å². The molecule has 1 aromatic heterocycles. The Kier molecular flexibility index (Phi) is 3.90. The van der Waals surface area contributed by atoms with E-state index in [9.17, 15) is 8.42 Å². The van der Waals surface area contributed by atoms with Crippen molar-refractivity contribution in [3.05, 3.63) is 71.6 Å². The molecule has 0 saturated heterocycles. The molecule has 1 aliphatic carbocycles. The molecule has 0 unspecified atom stereocenters. The third kappa shape index (κ3) is 2.97. The summed E-state index contributed by atoms with van der Waals surface area (Å²) in [4.78, 5) is 0. The Hall–Kier alpha value is -2.11. The van der Waals surface area contributed by atoms with E-state index in [1.165, 1.54) is 11.3 Å². The highest BCUT2D eigenvalue weighted by Crippen LogP contribution is 2.45. The smallest absolute Gasteiger partial charge is 0.271 e. The predicted octanol–water partition coefficient (Wildman–Crippen LogP) is 5.09. The third-order valence-corrected chi connectivity index (χ3v) is 7.06. The van der Waals surface area contributed by atoms with Gasteiger partial charge in [-0.1, -0.05) is 48.5 Å². The van der Waals surface area contributed by atoms with Crippen molar-refractivity contribution >= 4 is 27.0 Å². The molecule has 0 atom stereocenters. The van der Waals surface area contributed by atoms with Gasteiger partial charge in [-0.3, -0.25) is 4.72 Å². The minimum Gasteiger partial charge on any atom is -0.278 e. The summed E-state index contributed by atoms with van der Waals surface area (Å²) >= 11 is 1.30. The van der Waals surface area contributed by atoms with E-state index >= 15 is 0 Å². The van der Waals surface area contributed by atoms with Crippen LogP contribution in [0.2, 0.25) is 0 Å². The minimum absolute atomic E-state index is 0.409. The van der Waals surface area contributed by atoms with Crippen molar-refractivity contribution in [3.8, 4) is 11.1 Å². The molecule has 5 heteroatoms. The summed E-state index contributed by atoms with van der Waals surface area (Å²) < 4.78 is 29.0. The first-order valence-electron chi connectivity index (χ1n) is 7.90. The summed E-state index contributed by atoms with van der Waals surface area (Å²) in [6.45, 7) is 0. The van der Waals surface area contributed by atoms with Crippen molar-refractivity contribution in [1.29, 1.82) is 0 Å². The number of nitrogens with one attached hydrogen (secondary N) is 1. The highest BCUT2D eigenvalue weighted by molar-refractivity contribution is 7.94. The molecule has 3 nitrogen and oxygen atoms in total. The second-order valence-electron chi connectivity index (χ2n) is 5.95. The van der Waals surface area contributed by atoms with Gasteiger partial charge in [0.15, 0.2) is 0 Å². The molecule has 3 aromatic rings. The van der Waals surface area contributed by atoms with E-state index in [1.807, 2.05) is 66.0 Å². The standard InChI is InChI=1S/C19H17NO2S2/c21-24(22,19-17(12-13-23-19)15-10-11-15)20-18-9-5-4-8-16(18)14-6-2-1-3-7-14/h1-9,12-13,15,20H,10-11H2. The van der Waals surface area contributed by atoms with E-state index in [2.05, 4.69) is 4.72 Å². The quantitative estimate of drug-likeness (QED) is 0.692. The number of rotatable bonds is 5. The molecule has 1 N–H and O–H groups in total. The van der Waals surface area contributed by atoms with Gasteiger partial charge in [0, 0.05) is 5.56 Å². The predicted molar refractivity (Wildman–Crippen MR) is 99.0 cm³/mol. The topological polar surface area (TPSA) is 46.2 Å². The lowest BCUT2D eigenvalue weighted by molar-refractivity contribution is 0.602. The summed E-state index contributed by atoms with van der Waals surface area (Å²) in [5.74, 6) is 0.409. The zero-order valence-corrected chi connectivity index (χ0v) is 14.6. The summed E-state index contributed by atoms with van der Waals surface area (Å²) in [6, 6.07) is 19.3. The molecule has 122 valence electrons. The van der Waals surface area contributed by atoms with Crippen molar-refractivity contribution in [1.82, 2.24) is 0 Å². The lowest BCUT2D eigenvalue weighted by atomic mass is 10.0. The fourth-order valence-corrected chi connectivity index (χ4v) is 5.47. The summed E-state index contributed by atoms with van der Waals surface area (Å²) in [5.41, 5.74) is 3.44. The molecule has 4 rings (SSSR count). The van der Waals surface area contributed by atoms with E-state index in [0.29, 0.717) is 15.8 Å². The first kappa shape index (κ1) is 15.4. The van der Waals surface area contributed by atoms with E-state index < -0.39 is 10.0 Å². The van der Waals surface area contributed by atoms with Gasteiger partial charge in [-0.25, -0.2) is 8.42 Å². The summed E-state index contributed by atoms with van der Waals surface area (Å²) in [5, 5.41) is 1.87. The average Bonchev–Trinajstić information content (AvgIpc) is 3.32. The average molecular weight is 355 g/mol. The van der Waals surface area contributed by atoms with Crippen LogP contribution in [0.25, 0.3) is 11.1 Å². The molecular formula is C19H17NO2S2. The van der Waals surface area contributed by atoms with Gasteiger partial charge in [-0.05, 0) is 47.4 Å². The molecule has 0 spiro atoms. The van der Waals surface area contributed by atoms with E-state index in [-0.39, 0.29) is 0 Å². The van der Waals surface area contributed by atoms with Gasteiger partial charge >= 0.3 is 0 Å². The highest BCUT2D eigenvalue weighted by Gasteiger charge is 2.31. The van der Waals surface area contributed by atoms with Crippen LogP contribution in [0.5, 0.6) is 0 Å². The van der Waals surface area contributed by atoms with Crippen LogP contribution in [0, 0.1) is 0 Å². The Bertz CT molecular complexity index is 958. The van der Waals surface area contributed by atoms with Gasteiger partial charge in [0.25, 0.3) is 10.0 Å². The number of benzene rings is 2. The third-order valence-electron chi connectivity index (χ3n) is 4.18. The number of thiophene rings is 1. The fourth-order valence-electron chi connectivity index (χ4n) is 2.85. The van der Waals surface area contributed by atoms with E-state index in [4.69, 9.17) is 0 Å². The van der Waals surface area contributed by atoms with Crippen LogP contribution >= 0.6 is 11.3 Å². The molecule has 1 saturated carbocycles. The van der Waals surface area contributed by atoms with Crippen LogP contribution in [0.4, 0.5) is 5.69 Å². The molecular weight excluding hydrogens is 338 g/mol. The van der Waals surface area contributed by atoms with Gasteiger partial charge in [0.2, 0.25) is 0 Å². The molecule has 1 fully saturated rings. The monoisotopic (exact) mass is 355 g/mol. The largest absolute Gasteiger partial charge is 0.278 e.